The maximum atomic E-state index is 5.99. The van der Waals surface area contributed by atoms with Gasteiger partial charge in [0.1, 0.15) is 0 Å². The minimum atomic E-state index is 0.183. The molecule has 1 unspecified atom stereocenters. The number of rotatable bonds is 4. The standard InChI is InChI=1S/C19H22N2/c1-14-7-3-4-8-16(14)12-21-13-17(11-15(2)20)18-9-5-6-10-19(18)21/h3-10,13,15H,11-12,20H2,1-2H3. The van der Waals surface area contributed by atoms with Gasteiger partial charge in [-0.2, -0.15) is 0 Å². The Morgan fingerprint density at radius 2 is 1.71 bits per heavy atom. The molecule has 1 atom stereocenters. The van der Waals surface area contributed by atoms with Gasteiger partial charge in [0.05, 0.1) is 0 Å². The maximum absolute atomic E-state index is 5.99. The second-order valence-corrected chi connectivity index (χ2v) is 5.91. The summed E-state index contributed by atoms with van der Waals surface area (Å²) in [4.78, 5) is 0. The Morgan fingerprint density at radius 1 is 1.00 bits per heavy atom. The van der Waals surface area contributed by atoms with E-state index in [0.717, 1.165) is 13.0 Å². The van der Waals surface area contributed by atoms with Crippen LogP contribution in [0.1, 0.15) is 23.6 Å². The van der Waals surface area contributed by atoms with Crippen molar-refractivity contribution in [1.82, 2.24) is 4.57 Å². The maximum Gasteiger partial charge on any atom is 0.0486 e. The number of nitrogens with zero attached hydrogens (tertiary/aromatic N) is 1. The van der Waals surface area contributed by atoms with Crippen LogP contribution in [0.3, 0.4) is 0 Å². The van der Waals surface area contributed by atoms with Crippen molar-refractivity contribution in [1.29, 1.82) is 0 Å². The Morgan fingerprint density at radius 3 is 2.48 bits per heavy atom. The van der Waals surface area contributed by atoms with E-state index in [1.807, 2.05) is 0 Å². The van der Waals surface area contributed by atoms with Crippen molar-refractivity contribution in [3.8, 4) is 0 Å². The highest BCUT2D eigenvalue weighted by Gasteiger charge is 2.10. The first-order valence-corrected chi connectivity index (χ1v) is 7.52. The van der Waals surface area contributed by atoms with Gasteiger partial charge in [0.25, 0.3) is 0 Å². The van der Waals surface area contributed by atoms with E-state index in [4.69, 9.17) is 5.73 Å². The van der Waals surface area contributed by atoms with Gasteiger partial charge in [-0.3, -0.25) is 0 Å². The molecule has 0 aliphatic carbocycles. The number of benzene rings is 2. The van der Waals surface area contributed by atoms with Crippen molar-refractivity contribution in [3.05, 3.63) is 71.4 Å². The fourth-order valence-electron chi connectivity index (χ4n) is 2.93. The third kappa shape index (κ3) is 2.86. The average molecular weight is 278 g/mol. The number of aromatic nitrogens is 1. The van der Waals surface area contributed by atoms with Crippen molar-refractivity contribution in [2.45, 2.75) is 32.9 Å². The molecule has 0 saturated heterocycles. The Labute approximate surface area is 126 Å². The summed E-state index contributed by atoms with van der Waals surface area (Å²) in [6.45, 7) is 5.14. The summed E-state index contributed by atoms with van der Waals surface area (Å²) in [6.07, 6.45) is 3.18. The lowest BCUT2D eigenvalue weighted by molar-refractivity contribution is 0.734. The quantitative estimate of drug-likeness (QED) is 0.771. The number of aryl methyl sites for hydroxylation is 1. The van der Waals surface area contributed by atoms with Crippen molar-refractivity contribution < 1.29 is 0 Å². The van der Waals surface area contributed by atoms with Crippen molar-refractivity contribution in [2.75, 3.05) is 0 Å². The number of fused-ring (bicyclic) bond motifs is 1. The van der Waals surface area contributed by atoms with Gasteiger partial charge >= 0.3 is 0 Å². The van der Waals surface area contributed by atoms with E-state index in [0.29, 0.717) is 0 Å². The molecule has 21 heavy (non-hydrogen) atoms. The van der Waals surface area contributed by atoms with Crippen LogP contribution in [0.5, 0.6) is 0 Å². The minimum Gasteiger partial charge on any atom is -0.343 e. The molecule has 0 aliphatic rings. The topological polar surface area (TPSA) is 30.9 Å². The largest absolute Gasteiger partial charge is 0.343 e. The number of para-hydroxylation sites is 1. The minimum absolute atomic E-state index is 0.183. The molecule has 0 radical (unpaired) electrons. The fraction of sp³-hybridized carbons (Fsp3) is 0.263. The predicted octanol–water partition coefficient (Wildman–Crippen LogP) is 3.89. The van der Waals surface area contributed by atoms with E-state index in [9.17, 15) is 0 Å². The smallest absolute Gasteiger partial charge is 0.0486 e. The lowest BCUT2D eigenvalue weighted by Crippen LogP contribution is -2.17. The highest BCUT2D eigenvalue weighted by Crippen LogP contribution is 2.24. The van der Waals surface area contributed by atoms with E-state index < -0.39 is 0 Å². The molecule has 0 spiro atoms. The summed E-state index contributed by atoms with van der Waals surface area (Å²) in [6, 6.07) is 17.4. The third-order valence-corrected chi connectivity index (χ3v) is 4.01. The van der Waals surface area contributed by atoms with E-state index in [-0.39, 0.29) is 6.04 Å². The van der Waals surface area contributed by atoms with Crippen molar-refractivity contribution in [2.24, 2.45) is 5.73 Å². The van der Waals surface area contributed by atoms with E-state index in [1.54, 1.807) is 0 Å². The Bertz CT molecular complexity index is 753. The molecular formula is C19H22N2. The zero-order valence-corrected chi connectivity index (χ0v) is 12.7. The second kappa shape index (κ2) is 5.74. The second-order valence-electron chi connectivity index (χ2n) is 5.91. The van der Waals surface area contributed by atoms with Crippen LogP contribution in [0.25, 0.3) is 10.9 Å². The van der Waals surface area contributed by atoms with E-state index in [2.05, 4.69) is 73.1 Å². The Hall–Kier alpha value is -2.06. The summed E-state index contributed by atoms with van der Waals surface area (Å²) in [5, 5.41) is 1.32. The van der Waals surface area contributed by atoms with Gasteiger partial charge in [-0.05, 0) is 43.0 Å². The van der Waals surface area contributed by atoms with Gasteiger partial charge in [-0.15, -0.1) is 0 Å². The molecule has 0 amide bonds. The van der Waals surface area contributed by atoms with Crippen LogP contribution < -0.4 is 5.73 Å². The normalized spacial score (nSPS) is 12.7. The SMILES string of the molecule is Cc1ccccc1Cn1cc(CC(C)N)c2ccccc21. The first-order valence-electron chi connectivity index (χ1n) is 7.52. The summed E-state index contributed by atoms with van der Waals surface area (Å²) < 4.78 is 2.34. The average Bonchev–Trinajstić information content (AvgIpc) is 2.79. The molecule has 2 aromatic carbocycles. The van der Waals surface area contributed by atoms with Crippen LogP contribution in [0.2, 0.25) is 0 Å². The lowest BCUT2D eigenvalue weighted by Gasteiger charge is -2.08. The summed E-state index contributed by atoms with van der Waals surface area (Å²) in [5.74, 6) is 0. The number of hydrogen-bond acceptors (Lipinski definition) is 1. The van der Waals surface area contributed by atoms with Crippen LogP contribution in [-0.4, -0.2) is 10.6 Å². The van der Waals surface area contributed by atoms with E-state index in [1.165, 1.54) is 27.6 Å². The summed E-state index contributed by atoms with van der Waals surface area (Å²) >= 11 is 0. The number of hydrogen-bond donors (Lipinski definition) is 1. The van der Waals surface area contributed by atoms with Crippen molar-refractivity contribution >= 4 is 10.9 Å². The molecule has 2 nitrogen and oxygen atoms in total. The van der Waals surface area contributed by atoms with Crippen LogP contribution in [0, 0.1) is 6.92 Å². The molecule has 0 aliphatic heterocycles. The molecule has 0 saturated carbocycles. The van der Waals surface area contributed by atoms with Crippen LogP contribution in [-0.2, 0) is 13.0 Å². The van der Waals surface area contributed by atoms with Gasteiger partial charge in [0, 0.05) is 29.7 Å². The third-order valence-electron chi connectivity index (χ3n) is 4.01. The molecule has 108 valence electrons. The highest BCUT2D eigenvalue weighted by molar-refractivity contribution is 5.84. The Kier molecular flexibility index (Phi) is 3.80. The van der Waals surface area contributed by atoms with Gasteiger partial charge in [-0.25, -0.2) is 0 Å². The lowest BCUT2D eigenvalue weighted by atomic mass is 10.1. The van der Waals surface area contributed by atoms with Gasteiger partial charge in [0.2, 0.25) is 0 Å². The molecule has 3 rings (SSSR count). The van der Waals surface area contributed by atoms with Gasteiger partial charge < -0.3 is 10.3 Å². The summed E-state index contributed by atoms with van der Waals surface area (Å²) in [7, 11) is 0. The fourth-order valence-corrected chi connectivity index (χ4v) is 2.93. The molecule has 2 heteroatoms. The zero-order valence-electron chi connectivity index (χ0n) is 12.7. The molecule has 0 bridgehead atoms. The van der Waals surface area contributed by atoms with Crippen molar-refractivity contribution in [3.63, 3.8) is 0 Å². The molecular weight excluding hydrogens is 256 g/mol. The molecule has 1 heterocycles. The molecule has 1 aromatic heterocycles. The molecule has 2 N–H and O–H groups in total. The first-order chi connectivity index (χ1) is 10.1. The predicted molar refractivity (Wildman–Crippen MR) is 89.6 cm³/mol. The monoisotopic (exact) mass is 278 g/mol. The van der Waals surface area contributed by atoms with Crippen LogP contribution in [0.4, 0.5) is 0 Å². The van der Waals surface area contributed by atoms with Gasteiger partial charge in [0.15, 0.2) is 0 Å². The summed E-state index contributed by atoms with van der Waals surface area (Å²) in [5.41, 5.74) is 11.3. The van der Waals surface area contributed by atoms with Crippen LogP contribution in [0.15, 0.2) is 54.7 Å². The van der Waals surface area contributed by atoms with Gasteiger partial charge in [-0.1, -0.05) is 42.5 Å². The number of nitrogens with two attached hydrogens (primary N) is 1. The molecule has 0 fully saturated rings. The molecule has 3 aromatic rings. The highest BCUT2D eigenvalue weighted by atomic mass is 15.0. The van der Waals surface area contributed by atoms with E-state index >= 15 is 0 Å². The first kappa shape index (κ1) is 13.9. The Balaban J connectivity index is 2.04. The zero-order chi connectivity index (χ0) is 14.8. The van der Waals surface area contributed by atoms with Crippen LogP contribution >= 0.6 is 0 Å².